The summed E-state index contributed by atoms with van der Waals surface area (Å²) in [4.78, 5) is 26.5. The van der Waals surface area contributed by atoms with Crippen molar-refractivity contribution in [2.45, 2.75) is 20.1 Å². The maximum absolute atomic E-state index is 12.4. The van der Waals surface area contributed by atoms with E-state index in [4.69, 9.17) is 14.4 Å². The number of fused-ring (bicyclic) bond motifs is 1. The minimum atomic E-state index is -0.565. The van der Waals surface area contributed by atoms with E-state index in [0.29, 0.717) is 19.0 Å². The van der Waals surface area contributed by atoms with E-state index in [1.807, 2.05) is 17.0 Å². The molecule has 124 valence electrons. The third-order valence-electron chi connectivity index (χ3n) is 3.68. The first-order valence-electron chi connectivity index (χ1n) is 7.47. The quantitative estimate of drug-likeness (QED) is 0.845. The summed E-state index contributed by atoms with van der Waals surface area (Å²) >= 11 is 0. The highest BCUT2D eigenvalue weighted by atomic mass is 16.5. The number of anilines is 1. The number of nitriles is 1. The Bertz CT molecular complexity index is 848. The van der Waals surface area contributed by atoms with E-state index in [9.17, 15) is 9.59 Å². The van der Waals surface area contributed by atoms with Crippen LogP contribution in [0.2, 0.25) is 0 Å². The van der Waals surface area contributed by atoms with Crippen LogP contribution < -0.4 is 10.9 Å². The predicted molar refractivity (Wildman–Crippen MR) is 84.1 cm³/mol. The minimum absolute atomic E-state index is 0.0940. The van der Waals surface area contributed by atoms with Crippen LogP contribution in [-0.2, 0) is 18.0 Å². The van der Waals surface area contributed by atoms with E-state index in [1.165, 1.54) is 10.6 Å². The third kappa shape index (κ3) is 2.89. The van der Waals surface area contributed by atoms with Crippen LogP contribution in [-0.4, -0.2) is 28.7 Å². The molecule has 0 unspecified atom stereocenters. The van der Waals surface area contributed by atoms with Crippen LogP contribution in [0.4, 0.5) is 5.82 Å². The normalized spacial score (nSPS) is 13.7. The second-order valence-electron chi connectivity index (χ2n) is 5.27. The maximum atomic E-state index is 12.4. The van der Waals surface area contributed by atoms with Crippen molar-refractivity contribution >= 4 is 11.8 Å². The van der Waals surface area contributed by atoms with Gasteiger partial charge in [0.25, 0.3) is 5.56 Å². The maximum Gasteiger partial charge on any atom is 0.341 e. The second kappa shape index (κ2) is 6.60. The molecule has 1 aliphatic heterocycles. The molecule has 3 rings (SSSR count). The molecule has 3 heterocycles. The Morgan fingerprint density at radius 3 is 3.04 bits per heavy atom. The number of hydrogen-bond donors (Lipinski definition) is 1. The molecule has 0 aromatic carbocycles. The first kappa shape index (κ1) is 15.8. The summed E-state index contributed by atoms with van der Waals surface area (Å²) in [5, 5.41) is 12.2. The Morgan fingerprint density at radius 1 is 1.54 bits per heavy atom. The molecule has 0 atom stereocenters. The average molecular weight is 328 g/mol. The van der Waals surface area contributed by atoms with Crippen LogP contribution in [0.25, 0.3) is 0 Å². The molecule has 2 aromatic rings. The number of hydrogen-bond acceptors (Lipinski definition) is 7. The Balaban J connectivity index is 1.97. The summed E-state index contributed by atoms with van der Waals surface area (Å²) in [7, 11) is 0. The summed E-state index contributed by atoms with van der Waals surface area (Å²) in [6.45, 7) is 3.08. The zero-order chi connectivity index (χ0) is 17.1. The smallest absolute Gasteiger partial charge is 0.341 e. The van der Waals surface area contributed by atoms with Crippen LogP contribution in [0, 0.1) is 11.3 Å². The van der Waals surface area contributed by atoms with Crippen LogP contribution in [0.15, 0.2) is 33.7 Å². The number of rotatable bonds is 4. The number of carbonyl (C=O) groups is 1. The summed E-state index contributed by atoms with van der Waals surface area (Å²) in [6, 6.07) is 6.75. The molecule has 0 radical (unpaired) electrons. The van der Waals surface area contributed by atoms with Gasteiger partial charge in [-0.1, -0.05) is 0 Å². The molecule has 24 heavy (non-hydrogen) atoms. The minimum Gasteiger partial charge on any atom is -0.468 e. The first-order chi connectivity index (χ1) is 11.6. The molecule has 0 spiro atoms. The fourth-order valence-electron chi connectivity index (χ4n) is 2.60. The number of furan rings is 1. The standard InChI is InChI=1S/C16H16N4O4/c1-2-23-16(22)13-6-11(7-17)15(21)20-10-19(9-18-14(13)20)8-12-4-3-5-24-12/h3-6,18H,2,8-10H2,1H3. The van der Waals surface area contributed by atoms with E-state index in [1.54, 1.807) is 19.3 Å². The molecule has 1 aliphatic rings. The summed E-state index contributed by atoms with van der Waals surface area (Å²) in [5.74, 6) is 0.563. The van der Waals surface area contributed by atoms with Gasteiger partial charge in [0.05, 0.1) is 32.8 Å². The van der Waals surface area contributed by atoms with Gasteiger partial charge in [-0.3, -0.25) is 14.3 Å². The van der Waals surface area contributed by atoms with Crippen molar-refractivity contribution in [3.63, 3.8) is 0 Å². The fourth-order valence-corrected chi connectivity index (χ4v) is 2.60. The van der Waals surface area contributed by atoms with Gasteiger partial charge in [-0.05, 0) is 25.1 Å². The fraction of sp³-hybridized carbons (Fsp3) is 0.312. The van der Waals surface area contributed by atoms with E-state index >= 15 is 0 Å². The molecule has 8 heteroatoms. The Morgan fingerprint density at radius 2 is 2.38 bits per heavy atom. The number of nitrogens with zero attached hydrogens (tertiary/aromatic N) is 3. The van der Waals surface area contributed by atoms with Crippen molar-refractivity contribution in [1.82, 2.24) is 9.47 Å². The van der Waals surface area contributed by atoms with Gasteiger partial charge < -0.3 is 14.5 Å². The molecular weight excluding hydrogens is 312 g/mol. The number of esters is 1. The number of aromatic nitrogens is 1. The van der Waals surface area contributed by atoms with E-state index in [0.717, 1.165) is 5.76 Å². The van der Waals surface area contributed by atoms with Gasteiger partial charge >= 0.3 is 5.97 Å². The topological polar surface area (TPSA) is 100 Å². The largest absolute Gasteiger partial charge is 0.468 e. The van der Waals surface area contributed by atoms with Crippen molar-refractivity contribution in [1.29, 1.82) is 5.26 Å². The Labute approximate surface area is 137 Å². The molecular formula is C16H16N4O4. The molecule has 0 aliphatic carbocycles. The van der Waals surface area contributed by atoms with Gasteiger partial charge in [0.1, 0.15) is 28.8 Å². The molecule has 0 saturated heterocycles. The molecule has 0 fully saturated rings. The SMILES string of the molecule is CCOC(=O)c1cc(C#N)c(=O)n2c1NCN(Cc1ccco1)C2. The lowest BCUT2D eigenvalue weighted by Crippen LogP contribution is -2.43. The van der Waals surface area contributed by atoms with Gasteiger partial charge in [0.15, 0.2) is 0 Å². The van der Waals surface area contributed by atoms with Gasteiger partial charge in [-0.2, -0.15) is 5.26 Å². The summed E-state index contributed by atoms with van der Waals surface area (Å²) in [5.41, 5.74) is -0.355. The van der Waals surface area contributed by atoms with Crippen LogP contribution in [0.5, 0.6) is 0 Å². The number of carbonyl (C=O) groups excluding carboxylic acids is 1. The predicted octanol–water partition coefficient (Wildman–Crippen LogP) is 1.33. The lowest BCUT2D eigenvalue weighted by Gasteiger charge is -2.31. The van der Waals surface area contributed by atoms with Gasteiger partial charge in [0, 0.05) is 0 Å². The monoisotopic (exact) mass is 328 g/mol. The van der Waals surface area contributed by atoms with E-state index in [2.05, 4.69) is 5.32 Å². The van der Waals surface area contributed by atoms with Crippen molar-refractivity contribution in [3.8, 4) is 6.07 Å². The van der Waals surface area contributed by atoms with Crippen molar-refractivity contribution in [2.75, 3.05) is 18.6 Å². The summed E-state index contributed by atoms with van der Waals surface area (Å²) < 4.78 is 11.7. The van der Waals surface area contributed by atoms with Gasteiger partial charge in [-0.25, -0.2) is 4.79 Å². The molecule has 0 amide bonds. The van der Waals surface area contributed by atoms with Crippen LogP contribution in [0.1, 0.15) is 28.6 Å². The number of nitrogens with one attached hydrogen (secondary N) is 1. The highest BCUT2D eigenvalue weighted by Gasteiger charge is 2.25. The van der Waals surface area contributed by atoms with Crippen LogP contribution in [0.3, 0.4) is 0 Å². The first-order valence-corrected chi connectivity index (χ1v) is 7.47. The zero-order valence-corrected chi connectivity index (χ0v) is 13.1. The summed E-state index contributed by atoms with van der Waals surface area (Å²) in [6.07, 6.45) is 1.58. The van der Waals surface area contributed by atoms with E-state index < -0.39 is 11.5 Å². The lowest BCUT2D eigenvalue weighted by atomic mass is 10.1. The highest BCUT2D eigenvalue weighted by Crippen LogP contribution is 2.21. The molecule has 1 N–H and O–H groups in total. The van der Waals surface area contributed by atoms with Gasteiger partial charge in [0.2, 0.25) is 0 Å². The second-order valence-corrected chi connectivity index (χ2v) is 5.27. The highest BCUT2D eigenvalue weighted by molar-refractivity contribution is 5.95. The van der Waals surface area contributed by atoms with Crippen molar-refractivity contribution in [2.24, 2.45) is 0 Å². The number of ether oxygens (including phenoxy) is 1. The van der Waals surface area contributed by atoms with Crippen molar-refractivity contribution in [3.05, 3.63) is 51.7 Å². The number of pyridine rings is 1. The molecule has 0 bridgehead atoms. The zero-order valence-electron chi connectivity index (χ0n) is 13.1. The Hall–Kier alpha value is -3.05. The molecule has 2 aromatic heterocycles. The van der Waals surface area contributed by atoms with Gasteiger partial charge in [-0.15, -0.1) is 0 Å². The average Bonchev–Trinajstić information content (AvgIpc) is 3.09. The van der Waals surface area contributed by atoms with Crippen LogP contribution >= 0.6 is 0 Å². The lowest BCUT2D eigenvalue weighted by molar-refractivity contribution is 0.0525. The van der Waals surface area contributed by atoms with Crippen molar-refractivity contribution < 1.29 is 13.9 Å². The molecule has 8 nitrogen and oxygen atoms in total. The molecule has 0 saturated carbocycles. The van der Waals surface area contributed by atoms with E-state index in [-0.39, 0.29) is 24.4 Å². The third-order valence-corrected chi connectivity index (χ3v) is 3.68. The Kier molecular flexibility index (Phi) is 4.35.